The number of nitrogens with zero attached hydrogens (tertiary/aromatic N) is 2. The molecule has 2 aromatic carbocycles. The molecule has 2 unspecified atom stereocenters. The number of hydrogen-bond donors (Lipinski definition) is 1. The molecule has 1 amide bonds. The third-order valence-electron chi connectivity index (χ3n) is 8.10. The van der Waals surface area contributed by atoms with Crippen molar-refractivity contribution in [1.29, 1.82) is 0 Å². The number of amides is 1. The quantitative estimate of drug-likeness (QED) is 0.773. The van der Waals surface area contributed by atoms with Crippen LogP contribution in [0, 0.1) is 23.2 Å². The summed E-state index contributed by atoms with van der Waals surface area (Å²) in [6.07, 6.45) is 4.46. The summed E-state index contributed by atoms with van der Waals surface area (Å²) in [5, 5.41) is 10.0. The van der Waals surface area contributed by atoms with Gasteiger partial charge in [-0.15, -0.1) is 0 Å². The van der Waals surface area contributed by atoms with E-state index < -0.39 is 11.9 Å². The highest BCUT2D eigenvalue weighted by Gasteiger charge is 2.59. The van der Waals surface area contributed by atoms with Crippen LogP contribution >= 0.6 is 0 Å². The summed E-state index contributed by atoms with van der Waals surface area (Å²) in [6, 6.07) is 20.7. The summed E-state index contributed by atoms with van der Waals surface area (Å²) in [4.78, 5) is 29.8. The number of carboxylic acid groups (broad SMARTS) is 1. The van der Waals surface area contributed by atoms with Gasteiger partial charge in [-0.1, -0.05) is 48.5 Å². The van der Waals surface area contributed by atoms with E-state index in [0.717, 1.165) is 32.4 Å². The van der Waals surface area contributed by atoms with Gasteiger partial charge in [-0.3, -0.25) is 9.59 Å². The van der Waals surface area contributed by atoms with Gasteiger partial charge in [-0.2, -0.15) is 0 Å². The third kappa shape index (κ3) is 4.13. The number of carboxylic acids is 1. The molecule has 1 spiro atoms. The van der Waals surface area contributed by atoms with E-state index in [0.29, 0.717) is 31.8 Å². The second-order valence-corrected chi connectivity index (χ2v) is 9.90. The van der Waals surface area contributed by atoms with E-state index in [1.165, 1.54) is 11.3 Å². The van der Waals surface area contributed by atoms with E-state index in [4.69, 9.17) is 0 Å². The molecule has 1 saturated heterocycles. The number of rotatable bonds is 5. The van der Waals surface area contributed by atoms with Crippen molar-refractivity contribution in [1.82, 2.24) is 4.90 Å². The van der Waals surface area contributed by atoms with Crippen LogP contribution in [-0.2, 0) is 16.0 Å². The number of hydrogen-bond acceptors (Lipinski definition) is 3. The molecule has 168 valence electrons. The molecule has 5 rings (SSSR count). The largest absolute Gasteiger partial charge is 0.481 e. The molecule has 2 saturated carbocycles. The van der Waals surface area contributed by atoms with E-state index >= 15 is 0 Å². The Labute approximate surface area is 190 Å². The summed E-state index contributed by atoms with van der Waals surface area (Å²) in [7, 11) is 0. The van der Waals surface area contributed by atoms with Gasteiger partial charge in [0.15, 0.2) is 0 Å². The molecular formula is C27H32N2O3. The van der Waals surface area contributed by atoms with Crippen molar-refractivity contribution >= 4 is 17.6 Å². The molecule has 3 fully saturated rings. The highest BCUT2D eigenvalue weighted by atomic mass is 16.4. The Kier molecular flexibility index (Phi) is 5.66. The molecule has 32 heavy (non-hydrogen) atoms. The number of para-hydroxylation sites is 1. The predicted molar refractivity (Wildman–Crippen MR) is 124 cm³/mol. The summed E-state index contributed by atoms with van der Waals surface area (Å²) < 4.78 is 0. The average Bonchev–Trinajstić information content (AvgIpc) is 3.50. The SMILES string of the molecule is O=C(O)[C@H]1CC2(CC[C@@H]1C(=O)N1CCN(c3ccccc3)CC1)CC2Cc1ccccc1. The summed E-state index contributed by atoms with van der Waals surface area (Å²) >= 11 is 0. The van der Waals surface area contributed by atoms with Crippen molar-refractivity contribution in [2.45, 2.75) is 32.1 Å². The lowest BCUT2D eigenvalue weighted by molar-refractivity contribution is -0.154. The number of benzene rings is 2. The Hall–Kier alpha value is -2.82. The van der Waals surface area contributed by atoms with Crippen LogP contribution in [0.15, 0.2) is 60.7 Å². The number of anilines is 1. The fourth-order valence-electron chi connectivity index (χ4n) is 6.12. The molecule has 1 aliphatic heterocycles. The van der Waals surface area contributed by atoms with Crippen molar-refractivity contribution in [3.05, 3.63) is 66.2 Å². The first kappa shape index (κ1) is 21.0. The number of carbonyl (C=O) groups excluding carboxylic acids is 1. The number of aliphatic carboxylic acids is 1. The molecule has 5 heteroatoms. The van der Waals surface area contributed by atoms with E-state index in [9.17, 15) is 14.7 Å². The van der Waals surface area contributed by atoms with Gasteiger partial charge in [0.05, 0.1) is 11.8 Å². The molecule has 2 aliphatic carbocycles. The minimum atomic E-state index is -0.796. The Balaban J connectivity index is 1.20. The van der Waals surface area contributed by atoms with Crippen LogP contribution in [0.4, 0.5) is 5.69 Å². The smallest absolute Gasteiger partial charge is 0.307 e. The first-order valence-electron chi connectivity index (χ1n) is 11.9. The number of carbonyl (C=O) groups is 2. The summed E-state index contributed by atoms with van der Waals surface area (Å²) in [6.45, 7) is 2.92. The lowest BCUT2D eigenvalue weighted by Crippen LogP contribution is -2.52. The van der Waals surface area contributed by atoms with Crippen LogP contribution in [0.3, 0.4) is 0 Å². The van der Waals surface area contributed by atoms with E-state index in [1.807, 2.05) is 29.2 Å². The van der Waals surface area contributed by atoms with E-state index in [2.05, 4.69) is 41.3 Å². The average molecular weight is 433 g/mol. The van der Waals surface area contributed by atoms with Gasteiger partial charge in [0.25, 0.3) is 0 Å². The normalized spacial score (nSPS) is 29.7. The lowest BCUT2D eigenvalue weighted by Gasteiger charge is -2.40. The molecule has 0 bridgehead atoms. The Morgan fingerprint density at radius 1 is 0.875 bits per heavy atom. The topological polar surface area (TPSA) is 60.9 Å². The number of piperazine rings is 1. The van der Waals surface area contributed by atoms with E-state index in [1.54, 1.807) is 0 Å². The van der Waals surface area contributed by atoms with Crippen LogP contribution in [0.25, 0.3) is 0 Å². The maximum absolute atomic E-state index is 13.4. The standard InChI is InChI=1S/C27H32N2O3/c30-25(29-15-13-28(14-16-29)22-9-5-2-6-10-22)23-11-12-27(19-24(23)26(31)32)18-21(27)17-20-7-3-1-4-8-20/h1-10,21,23-24H,11-19H2,(H,31,32)/t21?,23-,24-,27?/m0/s1. The fraction of sp³-hybridized carbons (Fsp3) is 0.481. The summed E-state index contributed by atoms with van der Waals surface area (Å²) in [5.74, 6) is -1.11. The summed E-state index contributed by atoms with van der Waals surface area (Å²) in [5.41, 5.74) is 2.64. The molecular weight excluding hydrogens is 400 g/mol. The predicted octanol–water partition coefficient (Wildman–Crippen LogP) is 4.09. The van der Waals surface area contributed by atoms with E-state index in [-0.39, 0.29) is 17.2 Å². The van der Waals surface area contributed by atoms with Crippen LogP contribution in [0.1, 0.15) is 31.2 Å². The molecule has 5 nitrogen and oxygen atoms in total. The van der Waals surface area contributed by atoms with Crippen molar-refractivity contribution < 1.29 is 14.7 Å². The van der Waals surface area contributed by atoms with Gasteiger partial charge in [-0.25, -0.2) is 0 Å². The third-order valence-corrected chi connectivity index (χ3v) is 8.10. The minimum absolute atomic E-state index is 0.0558. The first-order valence-corrected chi connectivity index (χ1v) is 11.9. The minimum Gasteiger partial charge on any atom is -0.481 e. The van der Waals surface area contributed by atoms with Crippen LogP contribution in [-0.4, -0.2) is 48.1 Å². The van der Waals surface area contributed by atoms with Gasteiger partial charge < -0.3 is 14.9 Å². The zero-order valence-electron chi connectivity index (χ0n) is 18.5. The van der Waals surface area contributed by atoms with Gasteiger partial charge >= 0.3 is 5.97 Å². The van der Waals surface area contributed by atoms with Gasteiger partial charge in [0.1, 0.15) is 0 Å². The van der Waals surface area contributed by atoms with Crippen LogP contribution in [0.2, 0.25) is 0 Å². The highest BCUT2D eigenvalue weighted by molar-refractivity contribution is 5.85. The molecule has 2 aromatic rings. The Morgan fingerprint density at radius 3 is 2.19 bits per heavy atom. The van der Waals surface area contributed by atoms with Crippen molar-refractivity contribution in [2.75, 3.05) is 31.1 Å². The zero-order chi connectivity index (χ0) is 22.1. The zero-order valence-corrected chi connectivity index (χ0v) is 18.5. The Morgan fingerprint density at radius 2 is 1.53 bits per heavy atom. The van der Waals surface area contributed by atoms with Crippen molar-refractivity contribution in [2.24, 2.45) is 23.2 Å². The Bertz CT molecular complexity index is 955. The molecule has 3 aliphatic rings. The van der Waals surface area contributed by atoms with Crippen LogP contribution in [0.5, 0.6) is 0 Å². The molecule has 0 aromatic heterocycles. The second kappa shape index (κ2) is 8.61. The van der Waals surface area contributed by atoms with Crippen molar-refractivity contribution in [3.63, 3.8) is 0 Å². The van der Waals surface area contributed by atoms with Gasteiger partial charge in [0.2, 0.25) is 5.91 Å². The first-order chi connectivity index (χ1) is 15.6. The van der Waals surface area contributed by atoms with Gasteiger partial charge in [-0.05, 0) is 61.1 Å². The molecule has 1 N–H and O–H groups in total. The van der Waals surface area contributed by atoms with Gasteiger partial charge in [0, 0.05) is 31.9 Å². The second-order valence-electron chi connectivity index (χ2n) is 9.90. The maximum atomic E-state index is 13.4. The van der Waals surface area contributed by atoms with Crippen LogP contribution < -0.4 is 4.90 Å². The molecule has 0 radical (unpaired) electrons. The lowest BCUT2D eigenvalue weighted by atomic mass is 9.70. The monoisotopic (exact) mass is 432 g/mol. The molecule has 4 atom stereocenters. The van der Waals surface area contributed by atoms with Crippen molar-refractivity contribution in [3.8, 4) is 0 Å². The maximum Gasteiger partial charge on any atom is 0.307 e. The molecule has 1 heterocycles. The fourth-order valence-corrected chi connectivity index (χ4v) is 6.12. The highest BCUT2D eigenvalue weighted by Crippen LogP contribution is 2.64.